The highest BCUT2D eigenvalue weighted by molar-refractivity contribution is 7.98. The number of rotatable bonds is 19. The number of benzene rings is 3. The number of thiol groups is 1. The van der Waals surface area contributed by atoms with Crippen LogP contribution in [0.4, 0.5) is 0 Å². The highest BCUT2D eigenvalue weighted by atomic mass is 32.2. The van der Waals surface area contributed by atoms with Gasteiger partial charge in [-0.1, -0.05) is 412 Å². The first kappa shape index (κ1) is 145. The number of carboxylic acids is 1. The van der Waals surface area contributed by atoms with Crippen LogP contribution in [0.15, 0.2) is 127 Å². The number of imidazole rings is 1. The van der Waals surface area contributed by atoms with Gasteiger partial charge in [0.1, 0.15) is 5.75 Å². The van der Waals surface area contributed by atoms with Crippen molar-refractivity contribution in [2.75, 3.05) is 30.9 Å². The molecule has 0 spiro atoms. The van der Waals surface area contributed by atoms with Crippen LogP contribution in [0.2, 0.25) is 0 Å². The van der Waals surface area contributed by atoms with Crippen LogP contribution in [-0.4, -0.2) is 84.1 Å². The number of aliphatic hydroxyl groups excluding tert-OH is 2. The lowest BCUT2D eigenvalue weighted by atomic mass is 9.86. The molecule has 5 aromatic rings. The van der Waals surface area contributed by atoms with Crippen molar-refractivity contribution in [2.24, 2.45) is 110 Å². The molecule has 0 unspecified atom stereocenters. The Labute approximate surface area is 818 Å². The number of aliphatic hydroxyl groups is 2. The maximum Gasteiger partial charge on any atom is 0.303 e. The Morgan fingerprint density at radius 3 is 1.11 bits per heavy atom. The van der Waals surface area contributed by atoms with Gasteiger partial charge in [-0.25, -0.2) is 4.98 Å². The number of hydrogen-bond donors (Lipinski definition) is 11. The second kappa shape index (κ2) is 71.7. The average molecular weight is 1870 g/mol. The third-order valence-electron chi connectivity index (χ3n) is 16.6. The van der Waals surface area contributed by atoms with Gasteiger partial charge in [0.15, 0.2) is 5.96 Å². The third-order valence-corrected chi connectivity index (χ3v) is 18.2. The molecule has 130 heavy (non-hydrogen) atoms. The summed E-state index contributed by atoms with van der Waals surface area (Å²) >= 11 is 6.03. The standard InChI is InChI=1S/C13H17N.C11H16O.C11H16.C9H20.C8H19N3.C8H14N2.C8H17N.C8H16O.C8H18.C7H16S.C6H13NO.C6H12O2.C5H12O.C5H12S.CH4/c1-13(2,3)8-10-9-14-12-7-5-4-6-11(10)12;1-11(2,3)8-9-4-6-10(12)7-5-9;1-11(2,3)9-10-7-5-4-6-8-10;1-5-6-7-8-9(2,3)4;1-8(2,3)5-4-6-11-7(9)10;1-8(2,3)4-7-5-9-6-10-7;2*1-7(9)5-6-8(2,3)4;1-7(2)6-8(3,4)5;1-7(2,3)5-6-8-4;2*1-6(2,3)4-5(7)8;2*1-5(2,3)4-6;/h4-7,9,14H,8H2,1-3H3;4-7,12H,8H2,1-3H3;4-8H,9H2,1-3H3;5-8H2,1-4H3;4-6H2,1-3H3,(H4,9,10,11);5-6H,4H2,1-3H3,(H,9,10);1,5-6,9H2,2-4H3;9H,1,5-6H2,2-4H3;7H,6H2,1-5H3;5-6H2,1-4H3;4H2,1-3H3,(H2,7,8);4H2,1-3H3,(H,7,8);2*6H,4H2,1-3H3;1H4. The summed E-state index contributed by atoms with van der Waals surface area (Å²) in [7, 11) is 0. The smallest absolute Gasteiger partial charge is 0.303 e. The molecule has 0 fully saturated rings. The Bertz CT molecular complexity index is 3440. The predicted octanol–water partition coefficient (Wildman–Crippen LogP) is 33.8. The van der Waals surface area contributed by atoms with Gasteiger partial charge in [0.2, 0.25) is 5.91 Å². The van der Waals surface area contributed by atoms with Crippen molar-refractivity contribution in [3.8, 4) is 5.75 Å². The number of aromatic amines is 2. The summed E-state index contributed by atoms with van der Waals surface area (Å²) in [5, 5.41) is 35.8. The lowest BCUT2D eigenvalue weighted by molar-refractivity contribution is -0.139. The van der Waals surface area contributed by atoms with E-state index in [0.717, 1.165) is 88.1 Å². The second-order valence-corrected chi connectivity index (χ2v) is 53.4. The van der Waals surface area contributed by atoms with Gasteiger partial charge in [0.25, 0.3) is 0 Å². The molecule has 0 saturated carbocycles. The average Bonchev–Trinajstić information content (AvgIpc) is 1.68. The van der Waals surface area contributed by atoms with Gasteiger partial charge in [-0.05, 0) is 211 Å². The zero-order valence-electron chi connectivity index (χ0n) is 93.5. The van der Waals surface area contributed by atoms with E-state index in [1.165, 1.54) is 77.6 Å². The quantitative estimate of drug-likeness (QED) is 0.0122. The van der Waals surface area contributed by atoms with Crippen molar-refractivity contribution >= 4 is 53.1 Å². The number of phenolic OH excluding ortho intramolecular Hbond substituents is 1. The summed E-state index contributed by atoms with van der Waals surface area (Å²) < 4.78 is 0. The number of para-hydroxylation sites is 1. The minimum atomic E-state index is -0.725. The van der Waals surface area contributed by atoms with Crippen molar-refractivity contribution in [3.05, 3.63) is 145 Å². The number of primary amides is 1. The molecular formula is C114H222N8O6S2. The number of phenols is 1. The largest absolute Gasteiger partial charge is 0.513 e. The number of thioether (sulfide) groups is 1. The number of carbonyl (C=O) groups is 2. The van der Waals surface area contributed by atoms with E-state index in [9.17, 15) is 9.59 Å². The van der Waals surface area contributed by atoms with Crippen LogP contribution < -0.4 is 22.9 Å². The molecule has 3 aromatic carbocycles. The van der Waals surface area contributed by atoms with Gasteiger partial charge in [-0.15, -0.1) is 0 Å². The first-order valence-corrected chi connectivity index (χ1v) is 49.9. The molecule has 2 aromatic heterocycles. The van der Waals surface area contributed by atoms with Crippen LogP contribution in [-0.2, 0) is 35.3 Å². The maximum absolute atomic E-state index is 10.2. The summed E-state index contributed by atoms with van der Waals surface area (Å²) in [5.74, 6) is 2.98. The monoisotopic (exact) mass is 1860 g/mol. The van der Waals surface area contributed by atoms with E-state index >= 15 is 0 Å². The Kier molecular flexibility index (Phi) is 79.6. The lowest BCUT2D eigenvalue weighted by Crippen LogP contribution is -2.23. The molecule has 0 aliphatic heterocycles. The highest BCUT2D eigenvalue weighted by Gasteiger charge is 2.19. The second-order valence-electron chi connectivity index (χ2n) is 52.1. The maximum atomic E-state index is 10.2. The van der Waals surface area contributed by atoms with Gasteiger partial charge >= 0.3 is 5.97 Å². The molecule has 2 heterocycles. The van der Waals surface area contributed by atoms with Crippen molar-refractivity contribution in [1.82, 2.24) is 15.0 Å². The number of hydrogen-bond acceptors (Lipinski definition) is 10. The molecule has 0 atom stereocenters. The Balaban J connectivity index is -0.000000150. The van der Waals surface area contributed by atoms with E-state index < -0.39 is 5.97 Å². The highest BCUT2D eigenvalue weighted by Crippen LogP contribution is 2.30. The number of fused-ring (bicyclic) bond motifs is 1. The fraction of sp³-hybridized carbons (Fsp3) is 0.737. The fourth-order valence-corrected chi connectivity index (χ4v) is 11.4. The number of amides is 1. The molecule has 0 aliphatic rings. The van der Waals surface area contributed by atoms with Crippen LogP contribution in [0, 0.1) is 81.7 Å². The molecule has 0 bridgehead atoms. The number of H-pyrrole nitrogens is 2. The SMILES string of the molecule is C.C=C(N)CCC(C)(C)C.C=C(O)CCC(C)(C)C.CC(C)(C)CC(=O)O.CC(C)(C)CC(N)=O.CC(C)(C)CCCN=C(N)N.CC(C)(C)CO.CC(C)(C)CS.CC(C)(C)Cc1c[nH]c2ccccc12.CC(C)(C)Cc1ccc(O)cc1.CC(C)(C)Cc1ccccc1.CC(C)(C)Cc1cnc[nH]1.CC(C)CC(C)(C)C.CCCCCC(C)(C)C.CSCCC(C)(C)C. The van der Waals surface area contributed by atoms with Gasteiger partial charge < -0.3 is 53.3 Å². The van der Waals surface area contributed by atoms with Crippen molar-refractivity contribution in [1.29, 1.82) is 0 Å². The van der Waals surface area contributed by atoms with Gasteiger partial charge in [-0.3, -0.25) is 14.6 Å². The topological polar surface area (TPSA) is 276 Å². The summed E-state index contributed by atoms with van der Waals surface area (Å²) in [6.07, 6.45) is 27.2. The fourth-order valence-electron chi connectivity index (χ4n) is 10.6. The van der Waals surface area contributed by atoms with Crippen LogP contribution in [0.5, 0.6) is 5.75 Å². The summed E-state index contributed by atoms with van der Waals surface area (Å²) in [4.78, 5) is 34.5. The number of allylic oxidation sites excluding steroid dienone is 2. The van der Waals surface area contributed by atoms with Gasteiger partial charge in [-0.2, -0.15) is 24.4 Å². The minimum absolute atomic E-state index is 0. The molecule has 766 valence electrons. The Morgan fingerprint density at radius 2 is 0.854 bits per heavy atom. The summed E-state index contributed by atoms with van der Waals surface area (Å²) in [6, 6.07) is 26.5. The van der Waals surface area contributed by atoms with Gasteiger partial charge in [0, 0.05) is 60.7 Å². The molecule has 16 heteroatoms. The number of carbonyl (C=O) groups excluding carboxylic acids is 1. The number of unbranched alkanes of at least 4 members (excludes halogenated alkanes) is 2. The first-order valence-electron chi connectivity index (χ1n) is 47.8. The normalized spacial score (nSPS) is 11.7. The summed E-state index contributed by atoms with van der Waals surface area (Å²) in [5.41, 5.74) is 32.7. The molecular weight excluding hydrogens is 1640 g/mol. The van der Waals surface area contributed by atoms with E-state index in [1.807, 2.05) is 92.4 Å². The third kappa shape index (κ3) is 145. The summed E-state index contributed by atoms with van der Waals surface area (Å²) in [6.45, 7) is 106. The zero-order chi connectivity index (χ0) is 104. The van der Waals surface area contributed by atoms with Crippen molar-refractivity contribution in [2.45, 2.75) is 435 Å². The number of nitrogens with one attached hydrogen (secondary N) is 2. The number of nitrogens with two attached hydrogens (primary N) is 4. The molecule has 14 N–H and O–H groups in total. The van der Waals surface area contributed by atoms with Crippen LogP contribution in [0.3, 0.4) is 0 Å². The molecule has 0 aliphatic carbocycles. The van der Waals surface area contributed by atoms with E-state index in [1.54, 1.807) is 18.5 Å². The molecule has 5 rings (SSSR count). The van der Waals surface area contributed by atoms with Gasteiger partial charge in [0.05, 0.1) is 18.5 Å². The first-order chi connectivity index (χ1) is 57.4. The van der Waals surface area contributed by atoms with E-state index in [0.29, 0.717) is 77.5 Å². The molecule has 14 nitrogen and oxygen atoms in total. The molecule has 1 amide bonds. The number of aromatic hydroxyl groups is 1. The van der Waals surface area contributed by atoms with Crippen molar-refractivity contribution < 1.29 is 30.0 Å². The number of guanidine groups is 1. The number of carboxylic acid groups (broad SMARTS) is 1. The number of aromatic nitrogens is 3. The Morgan fingerprint density at radius 1 is 0.469 bits per heavy atom. The van der Waals surface area contributed by atoms with E-state index in [-0.39, 0.29) is 48.6 Å². The zero-order valence-corrected chi connectivity index (χ0v) is 95.2. The van der Waals surface area contributed by atoms with E-state index in [2.05, 4.69) is 362 Å². The Hall–Kier alpha value is -5.84. The molecule has 0 radical (unpaired) electrons. The number of aliphatic imine (C=N–C) groups is 1. The number of aliphatic carboxylic acids is 1. The minimum Gasteiger partial charge on any atom is -0.513 e. The lowest BCUT2D eigenvalue weighted by Gasteiger charge is -2.19. The van der Waals surface area contributed by atoms with Crippen LogP contribution in [0.25, 0.3) is 10.9 Å². The number of nitrogens with zero attached hydrogens (tertiary/aromatic N) is 2. The molecule has 0 saturated heterocycles. The van der Waals surface area contributed by atoms with Crippen LogP contribution >= 0.6 is 24.4 Å². The predicted molar refractivity (Wildman–Crippen MR) is 592 cm³/mol. The van der Waals surface area contributed by atoms with Crippen LogP contribution in [0.1, 0.15) is 431 Å². The van der Waals surface area contributed by atoms with Crippen molar-refractivity contribution in [3.63, 3.8) is 0 Å². The van der Waals surface area contributed by atoms with E-state index in [4.69, 9.17) is 43.4 Å².